The Morgan fingerprint density at radius 1 is 0.379 bits per heavy atom. The third-order valence-electron chi connectivity index (χ3n) is 11.4. The van der Waals surface area contributed by atoms with Crippen molar-refractivity contribution in [2.45, 2.75) is 0 Å². The molecule has 0 saturated heterocycles. The summed E-state index contributed by atoms with van der Waals surface area (Å²) in [5.74, 6) is 0.676. The maximum Gasteiger partial charge on any atom is 0.160 e. The molecule has 270 valence electrons. The molecule has 0 radical (unpaired) electrons. The van der Waals surface area contributed by atoms with E-state index in [1.807, 2.05) is 0 Å². The van der Waals surface area contributed by atoms with Crippen molar-refractivity contribution in [2.24, 2.45) is 0 Å². The van der Waals surface area contributed by atoms with Crippen LogP contribution in [0.5, 0.6) is 0 Å². The second kappa shape index (κ2) is 13.1. The van der Waals surface area contributed by atoms with Gasteiger partial charge in [0.05, 0.1) is 28.1 Å². The van der Waals surface area contributed by atoms with Gasteiger partial charge in [-0.15, -0.1) is 11.3 Å². The minimum Gasteiger partial charge on any atom is -0.309 e. The van der Waals surface area contributed by atoms with Gasteiger partial charge in [-0.1, -0.05) is 152 Å². The summed E-state index contributed by atoms with van der Waals surface area (Å²) in [6.07, 6.45) is 0. The Morgan fingerprint density at radius 3 is 1.76 bits per heavy atom. The molecule has 4 aromatic heterocycles. The van der Waals surface area contributed by atoms with Crippen molar-refractivity contribution in [1.29, 1.82) is 0 Å². The molecule has 0 aliphatic heterocycles. The van der Waals surface area contributed by atoms with Gasteiger partial charge in [-0.3, -0.25) is 0 Å². The quantitative estimate of drug-likeness (QED) is 0.176. The molecule has 0 atom stereocenters. The molecule has 0 unspecified atom stereocenters. The van der Waals surface area contributed by atoms with Crippen LogP contribution in [0.15, 0.2) is 194 Å². The predicted molar refractivity (Wildman–Crippen MR) is 244 cm³/mol. The normalized spacial score (nSPS) is 11.8. The van der Waals surface area contributed by atoms with Gasteiger partial charge in [0, 0.05) is 59.6 Å². The zero-order valence-corrected chi connectivity index (χ0v) is 32.0. The lowest BCUT2D eigenvalue weighted by Crippen LogP contribution is -1.98. The molecule has 0 spiro atoms. The van der Waals surface area contributed by atoms with E-state index in [2.05, 4.69) is 199 Å². The van der Waals surface area contributed by atoms with Gasteiger partial charge in [0.1, 0.15) is 4.83 Å². The van der Waals surface area contributed by atoms with Crippen molar-refractivity contribution in [3.8, 4) is 50.8 Å². The van der Waals surface area contributed by atoms with Crippen molar-refractivity contribution < 1.29 is 0 Å². The summed E-state index contributed by atoms with van der Waals surface area (Å²) in [6, 6.07) is 69.0. The van der Waals surface area contributed by atoms with E-state index in [0.717, 1.165) is 55.2 Å². The highest BCUT2D eigenvalue weighted by molar-refractivity contribution is 7.25. The third kappa shape index (κ3) is 5.25. The van der Waals surface area contributed by atoms with E-state index in [1.54, 1.807) is 11.3 Å². The van der Waals surface area contributed by atoms with Gasteiger partial charge in [0.25, 0.3) is 0 Å². The Morgan fingerprint density at radius 2 is 0.983 bits per heavy atom. The summed E-state index contributed by atoms with van der Waals surface area (Å²) in [6.45, 7) is 0. The number of pyridine rings is 1. The first-order valence-electron chi connectivity index (χ1n) is 19.5. The molecule has 0 aliphatic carbocycles. The van der Waals surface area contributed by atoms with Crippen LogP contribution in [0.3, 0.4) is 0 Å². The number of nitrogens with zero attached hydrogens (tertiary/aromatic N) is 4. The van der Waals surface area contributed by atoms with Gasteiger partial charge >= 0.3 is 0 Å². The van der Waals surface area contributed by atoms with Crippen LogP contribution >= 0.6 is 11.3 Å². The monoisotopic (exact) mass is 756 g/mol. The zero-order valence-electron chi connectivity index (χ0n) is 31.2. The number of benzene rings is 8. The first-order chi connectivity index (χ1) is 28.7. The van der Waals surface area contributed by atoms with E-state index in [4.69, 9.17) is 15.0 Å². The first-order valence-corrected chi connectivity index (χ1v) is 20.3. The summed E-state index contributed by atoms with van der Waals surface area (Å²) in [5.41, 5.74) is 10.2. The van der Waals surface area contributed by atoms with Crippen LogP contribution in [0.2, 0.25) is 0 Å². The molecule has 5 heteroatoms. The molecule has 0 N–H and O–H groups in total. The SMILES string of the molecule is c1cc(-c2nc(-c3ccc(-c4nc5sc6ccccc6c5c5ccccc45)cc3)cc(-c3ccc4ccccc4c3)n2)cc(-n2c3ccccc3c3ccccc32)c1. The van der Waals surface area contributed by atoms with Crippen LogP contribution in [0.1, 0.15) is 0 Å². The number of fused-ring (bicyclic) bond motifs is 9. The molecule has 58 heavy (non-hydrogen) atoms. The van der Waals surface area contributed by atoms with Gasteiger partial charge in [0.15, 0.2) is 5.82 Å². The van der Waals surface area contributed by atoms with E-state index in [-0.39, 0.29) is 0 Å². The third-order valence-corrected chi connectivity index (χ3v) is 12.5. The average molecular weight is 757 g/mol. The van der Waals surface area contributed by atoms with Crippen LogP contribution in [0.4, 0.5) is 0 Å². The fourth-order valence-electron chi connectivity index (χ4n) is 8.67. The summed E-state index contributed by atoms with van der Waals surface area (Å²) < 4.78 is 3.60. The van der Waals surface area contributed by atoms with Crippen LogP contribution in [-0.2, 0) is 0 Å². The Kier molecular flexibility index (Phi) is 7.37. The predicted octanol–water partition coefficient (Wildman–Crippen LogP) is 14.3. The summed E-state index contributed by atoms with van der Waals surface area (Å²) in [4.78, 5) is 16.9. The topological polar surface area (TPSA) is 43.6 Å². The van der Waals surface area contributed by atoms with Crippen molar-refractivity contribution in [2.75, 3.05) is 0 Å². The molecule has 0 aliphatic rings. The molecule has 4 heterocycles. The van der Waals surface area contributed by atoms with Crippen LogP contribution in [0, 0.1) is 0 Å². The maximum atomic E-state index is 5.30. The van der Waals surface area contributed by atoms with Gasteiger partial charge in [0.2, 0.25) is 0 Å². The van der Waals surface area contributed by atoms with Crippen molar-refractivity contribution >= 4 is 75.0 Å². The van der Waals surface area contributed by atoms with Crippen LogP contribution in [0.25, 0.3) is 115 Å². The molecule has 8 aromatic carbocycles. The van der Waals surface area contributed by atoms with E-state index in [0.29, 0.717) is 5.82 Å². The van der Waals surface area contributed by atoms with E-state index < -0.39 is 0 Å². The number of para-hydroxylation sites is 2. The molecule has 4 nitrogen and oxygen atoms in total. The van der Waals surface area contributed by atoms with E-state index >= 15 is 0 Å². The number of rotatable bonds is 5. The standard InChI is InChI=1S/C53H32N4S/c1-2-13-36-30-37(29-24-33(36)12-1)46-32-45(54-52(55-46)38-14-11-15-39(31-38)57-47-21-8-5-16-40(47)41-17-6-9-22-48(41)57)34-25-27-35(28-26-34)51-43-19-4-3-18-42(43)50-44-20-7-10-23-49(44)58-53(50)56-51/h1-32H. The lowest BCUT2D eigenvalue weighted by atomic mass is 9.99. The second-order valence-corrected chi connectivity index (χ2v) is 15.8. The molecule has 12 rings (SSSR count). The minimum atomic E-state index is 0.676. The summed E-state index contributed by atoms with van der Waals surface area (Å²) >= 11 is 1.76. The highest BCUT2D eigenvalue weighted by Crippen LogP contribution is 2.41. The van der Waals surface area contributed by atoms with Crippen molar-refractivity contribution in [1.82, 2.24) is 19.5 Å². The molecule has 0 bridgehead atoms. The van der Waals surface area contributed by atoms with E-state index in [1.165, 1.54) is 53.4 Å². The number of thiophene rings is 1. The summed E-state index contributed by atoms with van der Waals surface area (Å²) in [5, 5.41) is 9.71. The lowest BCUT2D eigenvalue weighted by molar-refractivity contribution is 1.16. The largest absolute Gasteiger partial charge is 0.309 e. The Bertz CT molecular complexity index is 3530. The molecular weight excluding hydrogens is 725 g/mol. The van der Waals surface area contributed by atoms with Gasteiger partial charge < -0.3 is 4.57 Å². The van der Waals surface area contributed by atoms with Gasteiger partial charge in [-0.05, 0) is 58.6 Å². The minimum absolute atomic E-state index is 0.676. The fraction of sp³-hybridized carbons (Fsp3) is 0. The first kappa shape index (κ1) is 32.7. The molecular formula is C53H32N4S. The van der Waals surface area contributed by atoms with Gasteiger partial charge in [-0.2, -0.15) is 0 Å². The number of hydrogen-bond acceptors (Lipinski definition) is 4. The lowest BCUT2D eigenvalue weighted by Gasteiger charge is -2.13. The number of hydrogen-bond donors (Lipinski definition) is 0. The molecule has 0 fully saturated rings. The Hall–Kier alpha value is -7.47. The molecule has 12 aromatic rings. The molecule has 0 amide bonds. The highest BCUT2D eigenvalue weighted by atomic mass is 32.1. The van der Waals surface area contributed by atoms with Crippen molar-refractivity contribution in [3.05, 3.63) is 194 Å². The molecule has 0 saturated carbocycles. The second-order valence-electron chi connectivity index (χ2n) is 14.8. The maximum absolute atomic E-state index is 5.30. The van der Waals surface area contributed by atoms with E-state index in [9.17, 15) is 0 Å². The average Bonchev–Trinajstić information content (AvgIpc) is 3.85. The zero-order chi connectivity index (χ0) is 38.2. The fourth-order valence-corrected chi connectivity index (χ4v) is 9.76. The van der Waals surface area contributed by atoms with Crippen LogP contribution < -0.4 is 0 Å². The summed E-state index contributed by atoms with van der Waals surface area (Å²) in [7, 11) is 0. The Labute approximate surface area is 338 Å². The van der Waals surface area contributed by atoms with Crippen LogP contribution in [-0.4, -0.2) is 19.5 Å². The smallest absolute Gasteiger partial charge is 0.160 e. The highest BCUT2D eigenvalue weighted by Gasteiger charge is 2.17. The number of aromatic nitrogens is 4. The van der Waals surface area contributed by atoms with Crippen molar-refractivity contribution in [3.63, 3.8) is 0 Å². The van der Waals surface area contributed by atoms with Gasteiger partial charge in [-0.25, -0.2) is 15.0 Å². The Balaban J connectivity index is 1.01.